The van der Waals surface area contributed by atoms with Gasteiger partial charge < -0.3 is 4.48 Å². The van der Waals surface area contributed by atoms with E-state index in [4.69, 9.17) is 0 Å². The van der Waals surface area contributed by atoms with Crippen molar-refractivity contribution < 1.29 is 4.48 Å². The maximum absolute atomic E-state index is 4.31. The molecule has 0 aromatic carbocycles. The van der Waals surface area contributed by atoms with E-state index in [-0.39, 0.29) is 0 Å². The van der Waals surface area contributed by atoms with Crippen LogP contribution in [0.3, 0.4) is 0 Å². The average Bonchev–Trinajstić information content (AvgIpc) is 2.48. The van der Waals surface area contributed by atoms with Gasteiger partial charge in [-0.2, -0.15) is 0 Å². The van der Waals surface area contributed by atoms with Crippen molar-refractivity contribution in [3.8, 4) is 0 Å². The molecule has 0 aliphatic heterocycles. The van der Waals surface area contributed by atoms with Crippen molar-refractivity contribution in [3.05, 3.63) is 0 Å². The number of hydrogen-bond acceptors (Lipinski definition) is 1. The molecule has 0 unspecified atom stereocenters. The average molecular weight is 380 g/mol. The second kappa shape index (κ2) is 19.4. The first-order chi connectivity index (χ1) is 10.6. The number of unbranched alkanes of at least 4 members (excludes halogenated alkanes) is 13. The molecule has 0 saturated carbocycles. The lowest BCUT2D eigenvalue weighted by Crippen LogP contribution is -2.35. The summed E-state index contributed by atoms with van der Waals surface area (Å²) < 4.78 is 5.44. The van der Waals surface area contributed by atoms with Crippen LogP contribution in [0.25, 0.3) is 0 Å². The van der Waals surface area contributed by atoms with Crippen molar-refractivity contribution in [2.24, 2.45) is 4.76 Å². The third-order valence-corrected chi connectivity index (χ3v) is 4.18. The van der Waals surface area contributed by atoms with Crippen LogP contribution in [0.1, 0.15) is 96.8 Å². The molecule has 0 radical (unpaired) electrons. The second-order valence-corrected chi connectivity index (χ2v) is 7.61. The summed E-state index contributed by atoms with van der Waals surface area (Å²) in [6, 6.07) is 0. The monoisotopic (exact) mass is 379 g/mol. The molecule has 0 saturated heterocycles. The van der Waals surface area contributed by atoms with Crippen LogP contribution in [-0.2, 0) is 0 Å². The fraction of sp³-hybridized carbons (Fsp3) is 1.00. The van der Waals surface area contributed by atoms with E-state index in [2.05, 4.69) is 49.0 Å². The van der Waals surface area contributed by atoms with Gasteiger partial charge in [0, 0.05) is 16.1 Å². The highest BCUT2D eigenvalue weighted by molar-refractivity contribution is 9.07. The molecule has 0 spiro atoms. The maximum Gasteiger partial charge on any atom is 0.0780 e. The maximum atomic E-state index is 4.31. The van der Waals surface area contributed by atoms with Crippen molar-refractivity contribution in [1.29, 1.82) is 0 Å². The lowest BCUT2D eigenvalue weighted by molar-refractivity contribution is -0.870. The highest BCUT2D eigenvalue weighted by Crippen LogP contribution is 2.13. The third-order valence-electron chi connectivity index (χ3n) is 4.18. The molecule has 136 valence electrons. The molecule has 0 aromatic rings. The van der Waals surface area contributed by atoms with Gasteiger partial charge in [-0.3, -0.25) is 4.76 Å². The van der Waals surface area contributed by atoms with E-state index >= 15 is 0 Å². The van der Waals surface area contributed by atoms with Gasteiger partial charge in [0.05, 0.1) is 27.7 Å². The Morgan fingerprint density at radius 2 is 0.818 bits per heavy atom. The van der Waals surface area contributed by atoms with E-state index < -0.39 is 0 Å². The van der Waals surface area contributed by atoms with Crippen molar-refractivity contribution in [2.75, 3.05) is 27.7 Å². The first kappa shape index (κ1) is 24.6. The van der Waals surface area contributed by atoms with E-state index in [0.717, 1.165) is 4.48 Å². The predicted molar refractivity (Wildman–Crippen MR) is 106 cm³/mol. The second-order valence-electron chi connectivity index (χ2n) is 7.61. The molecule has 0 atom stereocenters. The Labute approximate surface area is 150 Å². The Kier molecular flexibility index (Phi) is 21.8. The van der Waals surface area contributed by atoms with Crippen LogP contribution in [0.15, 0.2) is 0 Å². The van der Waals surface area contributed by atoms with Gasteiger partial charge >= 0.3 is 0 Å². The predicted octanol–water partition coefficient (Wildman–Crippen LogP) is 6.43. The van der Waals surface area contributed by atoms with E-state index in [1.807, 2.05) is 0 Å². The fourth-order valence-electron chi connectivity index (χ4n) is 2.78. The van der Waals surface area contributed by atoms with E-state index in [1.165, 1.54) is 96.4 Å². The summed E-state index contributed by atoms with van der Waals surface area (Å²) >= 11 is 2.44. The number of nitrogens with zero attached hydrogens (tertiary/aromatic N) is 1. The first-order valence-corrected chi connectivity index (χ1v) is 10.5. The molecule has 0 heterocycles. The Hall–Kier alpha value is 0.400. The lowest BCUT2D eigenvalue weighted by Gasteiger charge is -2.23. The summed E-state index contributed by atoms with van der Waals surface area (Å²) in [5, 5.41) is 0. The van der Waals surface area contributed by atoms with Crippen LogP contribution >= 0.6 is 16.1 Å². The molecule has 22 heavy (non-hydrogen) atoms. The van der Waals surface area contributed by atoms with Crippen LogP contribution in [0.4, 0.5) is 0 Å². The number of rotatable bonds is 15. The standard InChI is InChI=1S/C19H42N.BrH2N/c1-5-6-7-8-9-10-11-12-13-14-15-16-17-18-19-20(2,3)4;1-2/h5-19H2,1-4H3;2H2/q+1;. The summed E-state index contributed by atoms with van der Waals surface area (Å²) in [6.07, 6.45) is 20.4. The van der Waals surface area contributed by atoms with Gasteiger partial charge in [-0.1, -0.05) is 84.0 Å². The Morgan fingerprint density at radius 3 is 1.09 bits per heavy atom. The van der Waals surface area contributed by atoms with Gasteiger partial charge in [-0.05, 0) is 12.8 Å². The van der Waals surface area contributed by atoms with Gasteiger partial charge in [0.2, 0.25) is 0 Å². The minimum Gasteiger partial charge on any atom is -0.331 e. The smallest absolute Gasteiger partial charge is 0.0780 e. The molecule has 0 aliphatic carbocycles. The molecular weight excluding hydrogens is 336 g/mol. The quantitative estimate of drug-likeness (QED) is 0.198. The summed E-state index contributed by atoms with van der Waals surface area (Å²) in [6.45, 7) is 3.63. The molecule has 0 amide bonds. The lowest BCUT2D eigenvalue weighted by atomic mass is 10.0. The molecule has 0 rings (SSSR count). The van der Waals surface area contributed by atoms with E-state index in [9.17, 15) is 0 Å². The number of nitrogens with two attached hydrogens (primary N) is 1. The Bertz CT molecular complexity index is 190. The molecule has 2 N–H and O–H groups in total. The Balaban J connectivity index is 0. The molecule has 2 nitrogen and oxygen atoms in total. The van der Waals surface area contributed by atoms with Gasteiger partial charge in [-0.15, -0.1) is 0 Å². The summed E-state index contributed by atoms with van der Waals surface area (Å²) in [7, 11) is 6.88. The summed E-state index contributed by atoms with van der Waals surface area (Å²) in [5.41, 5.74) is 0. The van der Waals surface area contributed by atoms with E-state index in [0.29, 0.717) is 0 Å². The highest BCUT2D eigenvalue weighted by atomic mass is 79.9. The van der Waals surface area contributed by atoms with Gasteiger partial charge in [0.1, 0.15) is 0 Å². The van der Waals surface area contributed by atoms with Crippen LogP contribution < -0.4 is 4.76 Å². The molecule has 0 fully saturated rings. The summed E-state index contributed by atoms with van der Waals surface area (Å²) in [4.78, 5) is 0. The zero-order valence-corrected chi connectivity index (χ0v) is 17.6. The number of quaternary nitrogens is 1. The largest absolute Gasteiger partial charge is 0.331 e. The topological polar surface area (TPSA) is 26.0 Å². The Morgan fingerprint density at radius 1 is 0.545 bits per heavy atom. The minimum atomic E-state index is 1.12. The number of halogens is 1. The first-order valence-electron chi connectivity index (χ1n) is 9.58. The summed E-state index contributed by atoms with van der Waals surface area (Å²) in [5.74, 6) is 0. The van der Waals surface area contributed by atoms with Crippen molar-refractivity contribution in [1.82, 2.24) is 0 Å². The fourth-order valence-corrected chi connectivity index (χ4v) is 2.78. The number of hydrogen-bond donors (Lipinski definition) is 1. The highest BCUT2D eigenvalue weighted by Gasteiger charge is 2.04. The van der Waals surface area contributed by atoms with Crippen LogP contribution in [0, 0.1) is 0 Å². The zero-order valence-electron chi connectivity index (χ0n) is 16.0. The van der Waals surface area contributed by atoms with Crippen LogP contribution in [0.5, 0.6) is 0 Å². The van der Waals surface area contributed by atoms with Crippen LogP contribution in [-0.4, -0.2) is 32.2 Å². The molecule has 3 heteroatoms. The van der Waals surface area contributed by atoms with Crippen molar-refractivity contribution in [2.45, 2.75) is 96.8 Å². The van der Waals surface area contributed by atoms with Crippen molar-refractivity contribution >= 4 is 16.1 Å². The SMILES string of the molecule is CCCCCCCCCCCCCCCC[N+](C)(C)C.NBr. The van der Waals surface area contributed by atoms with E-state index in [1.54, 1.807) is 0 Å². The van der Waals surface area contributed by atoms with Gasteiger partial charge in [-0.25, -0.2) is 0 Å². The third kappa shape index (κ3) is 25.4. The van der Waals surface area contributed by atoms with Crippen molar-refractivity contribution in [3.63, 3.8) is 0 Å². The normalized spacial score (nSPS) is 11.2. The molecule has 0 aromatic heterocycles. The molecule has 0 aliphatic rings. The van der Waals surface area contributed by atoms with Crippen LogP contribution in [0.2, 0.25) is 0 Å². The minimum absolute atomic E-state index is 1.12. The zero-order chi connectivity index (χ0) is 17.1. The van der Waals surface area contributed by atoms with Gasteiger partial charge in [0.15, 0.2) is 0 Å². The molecule has 0 bridgehead atoms. The van der Waals surface area contributed by atoms with Gasteiger partial charge in [0.25, 0.3) is 0 Å². The molecular formula is C19H44BrN2+.